The van der Waals surface area contributed by atoms with Gasteiger partial charge in [-0.2, -0.15) is 11.8 Å². The van der Waals surface area contributed by atoms with Crippen LogP contribution in [0.1, 0.15) is 44.9 Å². The van der Waals surface area contributed by atoms with Gasteiger partial charge in [-0.05, 0) is 51.3 Å². The minimum Gasteiger partial charge on any atom is -0.310 e. The number of nitrogens with zero attached hydrogens (tertiary/aromatic N) is 1. The molecule has 1 atom stereocenters. The highest BCUT2D eigenvalue weighted by atomic mass is 32.2. The molecule has 1 heterocycles. The molecule has 3 rings (SSSR count). The minimum atomic E-state index is 0.626. The van der Waals surface area contributed by atoms with Crippen molar-refractivity contribution < 1.29 is 0 Å². The van der Waals surface area contributed by atoms with Crippen molar-refractivity contribution in [2.24, 2.45) is 0 Å². The first-order valence-corrected chi connectivity index (χ1v) is 8.56. The molecule has 1 unspecified atom stereocenters. The first-order valence-electron chi connectivity index (χ1n) is 7.33. The second-order valence-electron chi connectivity index (χ2n) is 6.26. The van der Waals surface area contributed by atoms with Gasteiger partial charge in [-0.15, -0.1) is 0 Å². The van der Waals surface area contributed by atoms with Crippen LogP contribution in [0, 0.1) is 0 Å². The average molecular weight is 254 g/mol. The summed E-state index contributed by atoms with van der Waals surface area (Å²) in [6, 6.07) is 1.66. The monoisotopic (exact) mass is 254 g/mol. The van der Waals surface area contributed by atoms with E-state index in [4.69, 9.17) is 0 Å². The number of likely N-dealkylation sites (tertiary alicyclic amines) is 1. The lowest BCUT2D eigenvalue weighted by atomic mass is 9.83. The Balaban J connectivity index is 1.48. The van der Waals surface area contributed by atoms with E-state index in [0.717, 1.165) is 12.1 Å². The molecule has 2 saturated carbocycles. The summed E-state index contributed by atoms with van der Waals surface area (Å²) < 4.78 is 0.626. The standard InChI is InChI=1S/C14H26N2S/c1-17-14(7-3-8-14)11-16-9-2-4-13(10-16)15-12-5-6-12/h12-13,15H,2-11H2,1H3. The van der Waals surface area contributed by atoms with Crippen molar-refractivity contribution in [3.05, 3.63) is 0 Å². The fourth-order valence-corrected chi connectivity index (χ4v) is 4.33. The van der Waals surface area contributed by atoms with Gasteiger partial charge in [0.15, 0.2) is 0 Å². The van der Waals surface area contributed by atoms with E-state index in [1.54, 1.807) is 0 Å². The third kappa shape index (κ3) is 2.99. The van der Waals surface area contributed by atoms with Crippen molar-refractivity contribution in [1.82, 2.24) is 10.2 Å². The molecule has 98 valence electrons. The summed E-state index contributed by atoms with van der Waals surface area (Å²) in [6.45, 7) is 3.99. The van der Waals surface area contributed by atoms with Crippen LogP contribution in [0.4, 0.5) is 0 Å². The number of piperidine rings is 1. The van der Waals surface area contributed by atoms with Gasteiger partial charge in [-0.1, -0.05) is 6.42 Å². The molecule has 0 aromatic carbocycles. The Kier molecular flexibility index (Phi) is 3.69. The van der Waals surface area contributed by atoms with Crippen LogP contribution in [0.25, 0.3) is 0 Å². The topological polar surface area (TPSA) is 15.3 Å². The highest BCUT2D eigenvalue weighted by Crippen LogP contribution is 2.43. The van der Waals surface area contributed by atoms with Crippen LogP contribution >= 0.6 is 11.8 Å². The van der Waals surface area contributed by atoms with E-state index in [1.807, 2.05) is 0 Å². The van der Waals surface area contributed by atoms with E-state index in [1.165, 1.54) is 64.6 Å². The number of hydrogen-bond donors (Lipinski definition) is 1. The Bertz CT molecular complexity index is 255. The highest BCUT2D eigenvalue weighted by molar-refractivity contribution is 8.00. The molecule has 1 aliphatic heterocycles. The van der Waals surface area contributed by atoms with Crippen molar-refractivity contribution in [2.45, 2.75) is 61.8 Å². The smallest absolute Gasteiger partial charge is 0.0284 e. The molecule has 0 radical (unpaired) electrons. The molecule has 0 amide bonds. The summed E-state index contributed by atoms with van der Waals surface area (Å²) in [5.74, 6) is 0. The number of nitrogens with one attached hydrogen (secondary N) is 1. The first-order chi connectivity index (χ1) is 8.30. The lowest BCUT2D eigenvalue weighted by molar-refractivity contribution is 0.150. The summed E-state index contributed by atoms with van der Waals surface area (Å²) in [6.07, 6.45) is 12.3. The van der Waals surface area contributed by atoms with Gasteiger partial charge >= 0.3 is 0 Å². The zero-order valence-corrected chi connectivity index (χ0v) is 11.9. The molecule has 0 spiro atoms. The molecule has 0 aromatic heterocycles. The second kappa shape index (κ2) is 5.10. The number of thioether (sulfide) groups is 1. The molecule has 3 aliphatic rings. The van der Waals surface area contributed by atoms with Crippen LogP contribution < -0.4 is 5.32 Å². The maximum Gasteiger partial charge on any atom is 0.0284 e. The third-order valence-corrected chi connectivity index (χ3v) is 6.17. The summed E-state index contributed by atoms with van der Waals surface area (Å²) in [4.78, 5) is 2.74. The summed E-state index contributed by atoms with van der Waals surface area (Å²) in [5, 5.41) is 3.81. The van der Waals surface area contributed by atoms with E-state index < -0.39 is 0 Å². The minimum absolute atomic E-state index is 0.626. The van der Waals surface area contributed by atoms with Gasteiger partial charge in [0.05, 0.1) is 0 Å². The Morgan fingerprint density at radius 3 is 2.59 bits per heavy atom. The Morgan fingerprint density at radius 2 is 2.00 bits per heavy atom. The Labute approximate surface area is 110 Å². The molecular formula is C14H26N2S. The van der Waals surface area contributed by atoms with Crippen molar-refractivity contribution in [3.63, 3.8) is 0 Å². The molecule has 3 fully saturated rings. The molecule has 2 nitrogen and oxygen atoms in total. The first kappa shape index (κ1) is 12.3. The normalized spacial score (nSPS) is 33.4. The fourth-order valence-electron chi connectivity index (χ4n) is 3.32. The van der Waals surface area contributed by atoms with Gasteiger partial charge in [0.2, 0.25) is 0 Å². The summed E-state index contributed by atoms with van der Waals surface area (Å²) in [7, 11) is 0. The van der Waals surface area contributed by atoms with E-state index in [-0.39, 0.29) is 0 Å². The highest BCUT2D eigenvalue weighted by Gasteiger charge is 2.38. The molecular weight excluding hydrogens is 228 g/mol. The van der Waals surface area contributed by atoms with Gasteiger partial charge in [0.1, 0.15) is 0 Å². The van der Waals surface area contributed by atoms with Crippen LogP contribution in [0.5, 0.6) is 0 Å². The van der Waals surface area contributed by atoms with Crippen molar-refractivity contribution in [3.8, 4) is 0 Å². The summed E-state index contributed by atoms with van der Waals surface area (Å²) >= 11 is 2.12. The second-order valence-corrected chi connectivity index (χ2v) is 7.53. The molecule has 1 N–H and O–H groups in total. The lowest BCUT2D eigenvalue weighted by Crippen LogP contribution is -2.52. The predicted octanol–water partition coefficient (Wildman–Crippen LogP) is 2.49. The van der Waals surface area contributed by atoms with Gasteiger partial charge in [-0.25, -0.2) is 0 Å². The quantitative estimate of drug-likeness (QED) is 0.811. The van der Waals surface area contributed by atoms with Gasteiger partial charge in [-0.3, -0.25) is 0 Å². The lowest BCUT2D eigenvalue weighted by Gasteiger charge is -2.46. The van der Waals surface area contributed by atoms with E-state index >= 15 is 0 Å². The SMILES string of the molecule is CSC1(CN2CCCC(NC3CC3)C2)CCC1. The van der Waals surface area contributed by atoms with Crippen LogP contribution in [0.3, 0.4) is 0 Å². The zero-order chi connectivity index (χ0) is 11.7. The third-order valence-electron chi connectivity index (χ3n) is 4.76. The van der Waals surface area contributed by atoms with Crippen LogP contribution in [-0.2, 0) is 0 Å². The fraction of sp³-hybridized carbons (Fsp3) is 1.00. The molecule has 2 aliphatic carbocycles. The molecule has 17 heavy (non-hydrogen) atoms. The van der Waals surface area contributed by atoms with E-state index in [2.05, 4.69) is 28.2 Å². The van der Waals surface area contributed by atoms with Crippen molar-refractivity contribution >= 4 is 11.8 Å². The molecule has 3 heteroatoms. The van der Waals surface area contributed by atoms with Crippen LogP contribution in [0.2, 0.25) is 0 Å². The average Bonchev–Trinajstić information content (AvgIpc) is 3.08. The van der Waals surface area contributed by atoms with Crippen molar-refractivity contribution in [2.75, 3.05) is 25.9 Å². The van der Waals surface area contributed by atoms with Gasteiger partial charge in [0, 0.05) is 29.9 Å². The Morgan fingerprint density at radius 1 is 1.18 bits per heavy atom. The van der Waals surface area contributed by atoms with Gasteiger partial charge in [0.25, 0.3) is 0 Å². The molecule has 1 saturated heterocycles. The maximum atomic E-state index is 3.81. The maximum absolute atomic E-state index is 3.81. The molecule has 0 aromatic rings. The Hall–Kier alpha value is 0.270. The van der Waals surface area contributed by atoms with Gasteiger partial charge < -0.3 is 10.2 Å². The summed E-state index contributed by atoms with van der Waals surface area (Å²) in [5.41, 5.74) is 0. The zero-order valence-electron chi connectivity index (χ0n) is 11.1. The molecule has 0 bridgehead atoms. The number of rotatable bonds is 5. The number of hydrogen-bond acceptors (Lipinski definition) is 3. The van der Waals surface area contributed by atoms with E-state index in [0.29, 0.717) is 4.75 Å². The van der Waals surface area contributed by atoms with E-state index in [9.17, 15) is 0 Å². The largest absolute Gasteiger partial charge is 0.310 e. The van der Waals surface area contributed by atoms with Crippen LogP contribution in [0.15, 0.2) is 0 Å². The van der Waals surface area contributed by atoms with Crippen molar-refractivity contribution in [1.29, 1.82) is 0 Å². The van der Waals surface area contributed by atoms with Crippen LogP contribution in [-0.4, -0.2) is 47.6 Å². The predicted molar refractivity (Wildman–Crippen MR) is 75.7 cm³/mol.